The summed E-state index contributed by atoms with van der Waals surface area (Å²) in [6.07, 6.45) is -0.0652. The molecule has 30 heavy (non-hydrogen) atoms. The van der Waals surface area contributed by atoms with Crippen LogP contribution in [0.2, 0.25) is 0 Å². The van der Waals surface area contributed by atoms with Gasteiger partial charge < -0.3 is 5.32 Å². The van der Waals surface area contributed by atoms with E-state index in [9.17, 15) is 22.8 Å². The number of para-hydroxylation sites is 1. The molecule has 0 spiro atoms. The highest BCUT2D eigenvalue weighted by Gasteiger charge is 2.48. The summed E-state index contributed by atoms with van der Waals surface area (Å²) in [4.78, 5) is 26.9. The molecule has 4 nitrogen and oxygen atoms in total. The number of nitrogens with zero attached hydrogens (tertiary/aromatic N) is 1. The van der Waals surface area contributed by atoms with E-state index in [0.29, 0.717) is 21.8 Å². The molecule has 1 fully saturated rings. The average Bonchev–Trinajstić information content (AvgIpc) is 3.25. The van der Waals surface area contributed by atoms with Gasteiger partial charge in [-0.1, -0.05) is 50.5 Å². The van der Waals surface area contributed by atoms with Gasteiger partial charge in [0.25, 0.3) is 0 Å². The second-order valence-corrected chi connectivity index (χ2v) is 8.40. The summed E-state index contributed by atoms with van der Waals surface area (Å²) < 4.78 is 40.9. The lowest BCUT2D eigenvalue weighted by molar-refractivity contribution is -0.171. The maximum absolute atomic E-state index is 13.6. The monoisotopic (exact) mass is 438 g/mol. The van der Waals surface area contributed by atoms with E-state index in [-0.39, 0.29) is 11.7 Å². The number of carbonyl (C=O) groups is 2. The van der Waals surface area contributed by atoms with Gasteiger partial charge in [0.15, 0.2) is 6.04 Å². The Bertz CT molecular complexity index is 862. The van der Waals surface area contributed by atoms with Crippen LogP contribution in [-0.4, -0.2) is 24.0 Å². The number of nitrogens with one attached hydrogen (secondary N) is 1. The van der Waals surface area contributed by atoms with Crippen molar-refractivity contribution in [3.8, 4) is 0 Å². The molecule has 1 aliphatic rings. The zero-order valence-electron chi connectivity index (χ0n) is 16.7. The van der Waals surface area contributed by atoms with Crippen molar-refractivity contribution in [3.63, 3.8) is 0 Å². The molecule has 3 rings (SSSR count). The molecule has 1 atom stereocenters. The molecular formula is C22H25F3N2O2S. The standard InChI is InChI=1S/C22H25F3N2O2S/c1-2-15-9-6-7-12-17(15)27(21(29)22(23,24)25)19(18-13-8-14-30-18)20(28)26-16-10-4-3-5-11-16/h6-9,12-14,16,19H,2-5,10-11H2,1H3,(H,26,28)/t19-/m1/s1. The van der Waals surface area contributed by atoms with E-state index in [0.717, 1.165) is 43.4 Å². The summed E-state index contributed by atoms with van der Waals surface area (Å²) in [5.41, 5.74) is 0.682. The normalized spacial score (nSPS) is 16.1. The molecule has 1 heterocycles. The molecule has 0 unspecified atom stereocenters. The molecule has 1 saturated carbocycles. The minimum absolute atomic E-state index is 0.0852. The van der Waals surface area contributed by atoms with Crippen molar-refractivity contribution in [1.29, 1.82) is 0 Å². The van der Waals surface area contributed by atoms with Gasteiger partial charge in [-0.05, 0) is 42.3 Å². The molecule has 1 aliphatic carbocycles. The first kappa shape index (κ1) is 22.3. The van der Waals surface area contributed by atoms with Crippen LogP contribution in [-0.2, 0) is 16.0 Å². The van der Waals surface area contributed by atoms with Crippen LogP contribution in [0.3, 0.4) is 0 Å². The van der Waals surface area contributed by atoms with Crippen LogP contribution in [0.5, 0.6) is 0 Å². The number of hydrogen-bond acceptors (Lipinski definition) is 3. The number of aryl methyl sites for hydroxylation is 1. The first-order chi connectivity index (χ1) is 14.3. The molecule has 2 amide bonds. The molecule has 0 aliphatic heterocycles. The number of benzene rings is 1. The summed E-state index contributed by atoms with van der Waals surface area (Å²) in [6, 6.07) is 8.24. The number of rotatable bonds is 6. The third-order valence-electron chi connectivity index (χ3n) is 5.36. The highest BCUT2D eigenvalue weighted by atomic mass is 32.1. The van der Waals surface area contributed by atoms with Crippen LogP contribution in [0.15, 0.2) is 41.8 Å². The van der Waals surface area contributed by atoms with E-state index < -0.39 is 24.0 Å². The Morgan fingerprint density at radius 2 is 1.83 bits per heavy atom. The average molecular weight is 439 g/mol. The summed E-state index contributed by atoms with van der Waals surface area (Å²) in [7, 11) is 0. The van der Waals surface area contributed by atoms with E-state index in [4.69, 9.17) is 0 Å². The van der Waals surface area contributed by atoms with Crippen molar-refractivity contribution in [2.75, 3.05) is 4.90 Å². The van der Waals surface area contributed by atoms with Gasteiger partial charge in [-0.3, -0.25) is 14.5 Å². The van der Waals surface area contributed by atoms with E-state index in [2.05, 4.69) is 5.32 Å². The van der Waals surface area contributed by atoms with Gasteiger partial charge >= 0.3 is 12.1 Å². The summed E-state index contributed by atoms with van der Waals surface area (Å²) >= 11 is 1.16. The van der Waals surface area contributed by atoms with Crippen molar-refractivity contribution in [2.24, 2.45) is 0 Å². The summed E-state index contributed by atoms with van der Waals surface area (Å²) in [5.74, 6) is -2.62. The molecule has 8 heteroatoms. The van der Waals surface area contributed by atoms with E-state index >= 15 is 0 Å². The first-order valence-electron chi connectivity index (χ1n) is 10.1. The number of anilines is 1. The van der Waals surface area contributed by atoms with Crippen LogP contribution in [0.1, 0.15) is 55.5 Å². The van der Waals surface area contributed by atoms with Crippen molar-refractivity contribution in [1.82, 2.24) is 5.32 Å². The lowest BCUT2D eigenvalue weighted by Crippen LogP contribution is -2.50. The van der Waals surface area contributed by atoms with E-state index in [1.165, 1.54) is 6.07 Å². The Morgan fingerprint density at radius 3 is 2.43 bits per heavy atom. The van der Waals surface area contributed by atoms with Crippen molar-refractivity contribution in [2.45, 2.75) is 63.7 Å². The van der Waals surface area contributed by atoms with Gasteiger partial charge in [0.2, 0.25) is 5.91 Å². The lowest BCUT2D eigenvalue weighted by Gasteiger charge is -2.34. The maximum Gasteiger partial charge on any atom is 0.471 e. The second-order valence-electron chi connectivity index (χ2n) is 7.42. The fraction of sp³-hybridized carbons (Fsp3) is 0.455. The predicted molar refractivity (Wildman–Crippen MR) is 111 cm³/mol. The van der Waals surface area contributed by atoms with Crippen LogP contribution in [0, 0.1) is 0 Å². The SMILES string of the molecule is CCc1ccccc1N(C(=O)C(F)(F)F)[C@@H](C(=O)NC1CCCCC1)c1cccs1. The molecule has 1 aromatic carbocycles. The Kier molecular flexibility index (Phi) is 7.18. The molecule has 2 aromatic rings. The third kappa shape index (κ3) is 5.03. The largest absolute Gasteiger partial charge is 0.471 e. The highest BCUT2D eigenvalue weighted by Crippen LogP contribution is 2.36. The predicted octanol–water partition coefficient (Wildman–Crippen LogP) is 5.40. The lowest BCUT2D eigenvalue weighted by atomic mass is 9.95. The Balaban J connectivity index is 2.07. The maximum atomic E-state index is 13.6. The number of alkyl halides is 3. The van der Waals surface area contributed by atoms with Crippen molar-refractivity contribution in [3.05, 3.63) is 52.2 Å². The number of carbonyl (C=O) groups excluding carboxylic acids is 2. The van der Waals surface area contributed by atoms with Crippen LogP contribution in [0.4, 0.5) is 18.9 Å². The quantitative estimate of drug-likeness (QED) is 0.657. The van der Waals surface area contributed by atoms with Crippen molar-refractivity contribution < 1.29 is 22.8 Å². The summed E-state index contributed by atoms with van der Waals surface area (Å²) in [6.45, 7) is 1.80. The second kappa shape index (κ2) is 9.64. The minimum Gasteiger partial charge on any atom is -0.351 e. The first-order valence-corrected chi connectivity index (χ1v) is 11.0. The fourth-order valence-corrected chi connectivity index (χ4v) is 4.71. The number of halogens is 3. The topological polar surface area (TPSA) is 49.4 Å². The fourth-order valence-electron chi connectivity index (χ4n) is 3.89. The number of amides is 2. The van der Waals surface area contributed by atoms with Crippen LogP contribution >= 0.6 is 11.3 Å². The Morgan fingerprint density at radius 1 is 1.13 bits per heavy atom. The summed E-state index contributed by atoms with van der Waals surface area (Å²) in [5, 5.41) is 4.60. The van der Waals surface area contributed by atoms with E-state index in [1.807, 2.05) is 0 Å². The Hall–Kier alpha value is -2.35. The molecule has 1 N–H and O–H groups in total. The van der Waals surface area contributed by atoms with Crippen LogP contribution < -0.4 is 10.2 Å². The van der Waals surface area contributed by atoms with Gasteiger partial charge in [-0.15, -0.1) is 11.3 Å². The molecular weight excluding hydrogens is 413 g/mol. The zero-order valence-corrected chi connectivity index (χ0v) is 17.6. The van der Waals surface area contributed by atoms with E-state index in [1.54, 1.807) is 42.6 Å². The van der Waals surface area contributed by atoms with Gasteiger partial charge in [-0.2, -0.15) is 13.2 Å². The van der Waals surface area contributed by atoms with Crippen molar-refractivity contribution >= 4 is 28.8 Å². The minimum atomic E-state index is -5.11. The van der Waals surface area contributed by atoms with Gasteiger partial charge in [0.05, 0.1) is 0 Å². The molecule has 0 radical (unpaired) electrons. The molecule has 0 bridgehead atoms. The molecule has 1 aromatic heterocycles. The van der Waals surface area contributed by atoms with Gasteiger partial charge in [0, 0.05) is 16.6 Å². The number of hydrogen-bond donors (Lipinski definition) is 1. The highest BCUT2D eigenvalue weighted by molar-refractivity contribution is 7.10. The third-order valence-corrected chi connectivity index (χ3v) is 6.29. The van der Waals surface area contributed by atoms with Crippen LogP contribution in [0.25, 0.3) is 0 Å². The number of thiophene rings is 1. The zero-order chi connectivity index (χ0) is 21.7. The Labute approximate surface area is 178 Å². The smallest absolute Gasteiger partial charge is 0.351 e. The van der Waals surface area contributed by atoms with Gasteiger partial charge in [-0.25, -0.2) is 0 Å². The molecule has 162 valence electrons. The van der Waals surface area contributed by atoms with Gasteiger partial charge in [0.1, 0.15) is 0 Å². The molecule has 0 saturated heterocycles.